The van der Waals surface area contributed by atoms with Gasteiger partial charge in [0.25, 0.3) is 0 Å². The number of unbranched alkanes of at least 4 members (excludes halogenated alkanes) is 4. The second kappa shape index (κ2) is 18.9. The molecule has 27 heavy (non-hydrogen) atoms. The monoisotopic (exact) mass is 384 g/mol. The second-order valence-electron chi connectivity index (χ2n) is 6.60. The van der Waals surface area contributed by atoms with E-state index < -0.39 is 6.09 Å². The van der Waals surface area contributed by atoms with Crippen LogP contribution in [0.2, 0.25) is 0 Å². The van der Waals surface area contributed by atoms with E-state index in [4.69, 9.17) is 9.47 Å². The van der Waals surface area contributed by atoms with Gasteiger partial charge in [-0.1, -0.05) is 39.5 Å². The van der Waals surface area contributed by atoms with Gasteiger partial charge in [-0.15, -0.1) is 0 Å². The summed E-state index contributed by atoms with van der Waals surface area (Å²) in [5, 5.41) is 2.70. The lowest BCUT2D eigenvalue weighted by atomic mass is 9.99. The number of esters is 1. The predicted molar refractivity (Wildman–Crippen MR) is 104 cm³/mol. The van der Waals surface area contributed by atoms with Crippen LogP contribution in [-0.4, -0.2) is 44.4 Å². The van der Waals surface area contributed by atoms with E-state index in [0.717, 1.165) is 51.4 Å². The van der Waals surface area contributed by atoms with Gasteiger partial charge in [-0.05, 0) is 38.5 Å². The Morgan fingerprint density at radius 1 is 0.926 bits per heavy atom. The summed E-state index contributed by atoms with van der Waals surface area (Å²) in [5.41, 5.74) is 0. The Bertz CT molecular complexity index is 430. The van der Waals surface area contributed by atoms with Crippen molar-refractivity contribution >= 4 is 18.1 Å². The van der Waals surface area contributed by atoms with Crippen molar-refractivity contribution < 1.29 is 23.9 Å². The van der Waals surface area contributed by atoms with Gasteiger partial charge in [0.1, 0.15) is 0 Å². The molecule has 1 N–H and O–H groups in total. The Balaban J connectivity index is 3.52. The summed E-state index contributed by atoms with van der Waals surface area (Å²) in [5.74, 6) is -0.0879. The number of aliphatic imine (C=N–C) groups is 1. The number of nitrogens with one attached hydrogen (secondary N) is 1. The molecule has 0 bridgehead atoms. The van der Waals surface area contributed by atoms with Crippen molar-refractivity contribution in [3.63, 3.8) is 0 Å². The minimum Gasteiger partial charge on any atom is -0.465 e. The van der Waals surface area contributed by atoms with Crippen LogP contribution in [-0.2, 0) is 19.1 Å². The summed E-state index contributed by atoms with van der Waals surface area (Å²) in [7, 11) is 0. The summed E-state index contributed by atoms with van der Waals surface area (Å²) in [4.78, 5) is 36.9. The fourth-order valence-electron chi connectivity index (χ4n) is 2.69. The van der Waals surface area contributed by atoms with Gasteiger partial charge in [0, 0.05) is 6.54 Å². The quantitative estimate of drug-likeness (QED) is 0.176. The van der Waals surface area contributed by atoms with Gasteiger partial charge < -0.3 is 14.8 Å². The number of hydrogen-bond acceptors (Lipinski definition) is 6. The molecule has 0 saturated heterocycles. The maximum absolute atomic E-state index is 12.0. The van der Waals surface area contributed by atoms with Crippen molar-refractivity contribution in [2.45, 2.75) is 78.1 Å². The molecule has 0 aliphatic carbocycles. The summed E-state index contributed by atoms with van der Waals surface area (Å²) in [6.07, 6.45) is 9.85. The Kier molecular flexibility index (Phi) is 17.6. The van der Waals surface area contributed by atoms with E-state index in [2.05, 4.69) is 24.2 Å². The molecule has 0 aromatic carbocycles. The van der Waals surface area contributed by atoms with Gasteiger partial charge in [-0.25, -0.2) is 14.6 Å². The Hall–Kier alpha value is -1.88. The minimum absolute atomic E-state index is 0.0137. The predicted octanol–water partition coefficient (Wildman–Crippen LogP) is 4.15. The smallest absolute Gasteiger partial charge is 0.407 e. The zero-order valence-electron chi connectivity index (χ0n) is 17.0. The normalized spacial score (nSPS) is 10.3. The van der Waals surface area contributed by atoms with Crippen molar-refractivity contribution in [3.05, 3.63) is 0 Å². The first-order chi connectivity index (χ1) is 13.2. The van der Waals surface area contributed by atoms with Crippen LogP contribution in [0, 0.1) is 5.92 Å². The molecular weight excluding hydrogens is 348 g/mol. The first kappa shape index (κ1) is 25.1. The maximum Gasteiger partial charge on any atom is 0.407 e. The van der Waals surface area contributed by atoms with Crippen LogP contribution in [0.4, 0.5) is 4.79 Å². The van der Waals surface area contributed by atoms with Crippen molar-refractivity contribution in [2.75, 3.05) is 26.3 Å². The highest BCUT2D eigenvalue weighted by molar-refractivity contribution is 5.72. The fourth-order valence-corrected chi connectivity index (χ4v) is 2.69. The molecule has 0 aromatic heterocycles. The number of nitrogens with zero attached hydrogens (tertiary/aromatic N) is 1. The molecule has 0 fully saturated rings. The van der Waals surface area contributed by atoms with E-state index in [-0.39, 0.29) is 11.9 Å². The molecule has 1 amide bonds. The van der Waals surface area contributed by atoms with Crippen LogP contribution < -0.4 is 5.32 Å². The summed E-state index contributed by atoms with van der Waals surface area (Å²) in [6.45, 7) is 5.94. The number of amides is 1. The molecule has 0 unspecified atom stereocenters. The van der Waals surface area contributed by atoms with E-state index in [1.807, 2.05) is 0 Å². The molecular formula is C20H36N2O5. The third kappa shape index (κ3) is 16.0. The lowest BCUT2D eigenvalue weighted by Crippen LogP contribution is -2.25. The molecule has 0 saturated carbocycles. The summed E-state index contributed by atoms with van der Waals surface area (Å²) >= 11 is 0. The van der Waals surface area contributed by atoms with E-state index in [0.29, 0.717) is 39.1 Å². The lowest BCUT2D eigenvalue weighted by Gasteiger charge is -2.14. The molecule has 156 valence electrons. The third-order valence-electron chi connectivity index (χ3n) is 4.15. The van der Waals surface area contributed by atoms with E-state index >= 15 is 0 Å². The van der Waals surface area contributed by atoms with Crippen molar-refractivity contribution in [1.29, 1.82) is 0 Å². The summed E-state index contributed by atoms with van der Waals surface area (Å²) in [6, 6.07) is 0. The molecule has 0 radical (unpaired) electrons. The lowest BCUT2D eigenvalue weighted by molar-refractivity contribution is -0.149. The average Bonchev–Trinajstić information content (AvgIpc) is 2.66. The average molecular weight is 385 g/mol. The molecule has 0 aromatic rings. The molecule has 0 atom stereocenters. The highest BCUT2D eigenvalue weighted by Gasteiger charge is 2.17. The van der Waals surface area contributed by atoms with E-state index in [1.165, 1.54) is 6.08 Å². The van der Waals surface area contributed by atoms with Crippen molar-refractivity contribution in [1.82, 2.24) is 5.32 Å². The highest BCUT2D eigenvalue weighted by Crippen LogP contribution is 2.15. The topological polar surface area (TPSA) is 94.1 Å². The molecule has 7 nitrogen and oxygen atoms in total. The highest BCUT2D eigenvalue weighted by atomic mass is 16.5. The molecule has 0 rings (SSSR count). The van der Waals surface area contributed by atoms with Gasteiger partial charge in [0.2, 0.25) is 6.08 Å². The zero-order chi connectivity index (χ0) is 20.2. The zero-order valence-corrected chi connectivity index (χ0v) is 17.0. The van der Waals surface area contributed by atoms with E-state index in [9.17, 15) is 14.4 Å². The number of ether oxygens (including phenoxy) is 2. The van der Waals surface area contributed by atoms with Crippen LogP contribution in [0.15, 0.2) is 4.99 Å². The van der Waals surface area contributed by atoms with Gasteiger partial charge in [-0.3, -0.25) is 4.79 Å². The van der Waals surface area contributed by atoms with Gasteiger partial charge >= 0.3 is 12.1 Å². The molecule has 0 spiro atoms. The molecule has 0 aliphatic heterocycles. The van der Waals surface area contributed by atoms with Gasteiger partial charge in [0.15, 0.2) is 0 Å². The van der Waals surface area contributed by atoms with Crippen LogP contribution in [0.5, 0.6) is 0 Å². The number of isocyanates is 1. The number of carbonyl (C=O) groups is 2. The molecule has 0 aliphatic rings. The van der Waals surface area contributed by atoms with Crippen LogP contribution in [0.1, 0.15) is 78.1 Å². The van der Waals surface area contributed by atoms with Crippen molar-refractivity contribution in [2.24, 2.45) is 10.9 Å². The van der Waals surface area contributed by atoms with Crippen LogP contribution >= 0.6 is 0 Å². The fraction of sp³-hybridized carbons (Fsp3) is 0.850. The number of rotatable bonds is 17. The number of carbonyl (C=O) groups excluding carboxylic acids is 3. The second-order valence-corrected chi connectivity index (χ2v) is 6.60. The standard InChI is InChI=1S/C20H36N2O5/c1-3-11-18(12-4-2)19(24)26-15-9-10-16-27-20(25)22-14-8-6-5-7-13-21-17-23/h18H,3-16H2,1-2H3,(H,22,25). The summed E-state index contributed by atoms with van der Waals surface area (Å²) < 4.78 is 10.4. The first-order valence-electron chi connectivity index (χ1n) is 10.3. The van der Waals surface area contributed by atoms with Crippen molar-refractivity contribution in [3.8, 4) is 0 Å². The van der Waals surface area contributed by atoms with Crippen LogP contribution in [0.25, 0.3) is 0 Å². The Morgan fingerprint density at radius 3 is 2.19 bits per heavy atom. The maximum atomic E-state index is 12.0. The number of alkyl carbamates (subject to hydrolysis) is 1. The Morgan fingerprint density at radius 2 is 1.56 bits per heavy atom. The SMILES string of the molecule is CCCC(CCC)C(=O)OCCCCOC(=O)NCCCCCCN=C=O. The number of hydrogen-bond donors (Lipinski definition) is 1. The van der Waals surface area contributed by atoms with E-state index in [1.54, 1.807) is 0 Å². The third-order valence-corrected chi connectivity index (χ3v) is 4.15. The first-order valence-corrected chi connectivity index (χ1v) is 10.3. The Labute approximate surface area is 163 Å². The van der Waals surface area contributed by atoms with Gasteiger partial charge in [-0.2, -0.15) is 0 Å². The van der Waals surface area contributed by atoms with Gasteiger partial charge in [0.05, 0.1) is 25.7 Å². The minimum atomic E-state index is -0.413. The van der Waals surface area contributed by atoms with Crippen LogP contribution in [0.3, 0.4) is 0 Å². The molecule has 0 heterocycles. The molecule has 7 heteroatoms. The largest absolute Gasteiger partial charge is 0.465 e.